The molecule has 0 saturated carbocycles. The van der Waals surface area contributed by atoms with E-state index in [-0.39, 0.29) is 0 Å². The largest absolute Gasteiger partial charge is 0.365 e. The molecule has 0 bridgehead atoms. The Morgan fingerprint density at radius 2 is 1.50 bits per heavy atom. The third-order valence-electron chi connectivity index (χ3n) is 4.35. The molecule has 1 aromatic carbocycles. The fraction of sp³-hybridized carbons (Fsp3) is 0.364. The van der Waals surface area contributed by atoms with Crippen LogP contribution in [-0.4, -0.2) is 9.55 Å². The van der Waals surface area contributed by atoms with Gasteiger partial charge in [0, 0.05) is 29.0 Å². The highest BCUT2D eigenvalue weighted by atomic mass is 15.0. The molecule has 2 heterocycles. The summed E-state index contributed by atoms with van der Waals surface area (Å²) >= 11 is 0. The van der Waals surface area contributed by atoms with Gasteiger partial charge in [-0.2, -0.15) is 0 Å². The van der Waals surface area contributed by atoms with Gasteiger partial charge < -0.3 is 9.55 Å². The number of benzene rings is 1. The van der Waals surface area contributed by atoms with Crippen LogP contribution >= 0.6 is 0 Å². The second-order valence-electron chi connectivity index (χ2n) is 6.93. The van der Waals surface area contributed by atoms with Crippen molar-refractivity contribution in [1.82, 2.24) is 9.55 Å². The van der Waals surface area contributed by atoms with Crippen molar-refractivity contribution in [3.63, 3.8) is 0 Å². The summed E-state index contributed by atoms with van der Waals surface area (Å²) in [6, 6.07) is 17.0. The number of hydrogen-bond donors (Lipinski definition) is 1. The molecule has 0 fully saturated rings. The monoisotopic (exact) mass is 322 g/mol. The van der Waals surface area contributed by atoms with Crippen molar-refractivity contribution in [3.8, 4) is 5.69 Å². The number of nitrogens with one attached hydrogen (secondary N) is 1. The average Bonchev–Trinajstić information content (AvgIpc) is 3.17. The van der Waals surface area contributed by atoms with E-state index in [1.165, 1.54) is 28.3 Å². The summed E-state index contributed by atoms with van der Waals surface area (Å²) in [5, 5.41) is 0. The molecule has 128 valence electrons. The van der Waals surface area contributed by atoms with Gasteiger partial charge in [-0.3, -0.25) is 0 Å². The number of aromatic amines is 1. The maximum atomic E-state index is 3.14. The van der Waals surface area contributed by atoms with Crippen molar-refractivity contribution in [2.45, 2.75) is 53.4 Å². The average molecular weight is 322 g/mol. The van der Waals surface area contributed by atoms with Crippen LogP contribution < -0.4 is 0 Å². The predicted octanol–water partition coefficient (Wildman–Crippen LogP) is 6.36. The molecular formula is C22H30N2. The molecule has 3 aromatic rings. The number of aromatic nitrogens is 2. The lowest BCUT2D eigenvalue weighted by molar-refractivity contribution is 0.833. The number of rotatable bonds is 3. The van der Waals surface area contributed by atoms with Crippen LogP contribution in [0.25, 0.3) is 5.69 Å². The first-order valence-electron chi connectivity index (χ1n) is 8.79. The van der Waals surface area contributed by atoms with Crippen LogP contribution in [0.4, 0.5) is 0 Å². The highest BCUT2D eigenvalue weighted by Gasteiger charge is 2.12. The maximum Gasteiger partial charge on any atom is 0.0455 e. The predicted molar refractivity (Wildman–Crippen MR) is 104 cm³/mol. The zero-order chi connectivity index (χ0) is 17.7. The summed E-state index contributed by atoms with van der Waals surface area (Å²) in [7, 11) is 0. The standard InChI is InChI=1S/C15H19N.C7H11N/c1-11(2)15-10-12(3)16(13(15)4)14-8-6-5-7-9-14;1-6(2)7-4-3-5-8-7/h5-11H,1-4H3;3-6,8H,1-2H3. The summed E-state index contributed by atoms with van der Waals surface area (Å²) < 4.78 is 2.33. The molecule has 0 aliphatic rings. The zero-order valence-electron chi connectivity index (χ0n) is 15.8. The van der Waals surface area contributed by atoms with Gasteiger partial charge in [0.05, 0.1) is 0 Å². The molecule has 0 spiro atoms. The minimum absolute atomic E-state index is 0.587. The van der Waals surface area contributed by atoms with E-state index in [0.717, 1.165) is 0 Å². The zero-order valence-corrected chi connectivity index (χ0v) is 15.8. The van der Waals surface area contributed by atoms with Gasteiger partial charge in [0.25, 0.3) is 0 Å². The lowest BCUT2D eigenvalue weighted by atomic mass is 10.0. The van der Waals surface area contributed by atoms with Gasteiger partial charge in [0.15, 0.2) is 0 Å². The summed E-state index contributed by atoms with van der Waals surface area (Å²) in [4.78, 5) is 3.14. The van der Waals surface area contributed by atoms with Gasteiger partial charge in [0.2, 0.25) is 0 Å². The van der Waals surface area contributed by atoms with Crippen LogP contribution in [0.3, 0.4) is 0 Å². The van der Waals surface area contributed by atoms with Gasteiger partial charge in [-0.25, -0.2) is 0 Å². The van der Waals surface area contributed by atoms with Gasteiger partial charge in [-0.15, -0.1) is 0 Å². The van der Waals surface area contributed by atoms with E-state index in [0.29, 0.717) is 11.8 Å². The molecular weight excluding hydrogens is 292 g/mol. The Hall–Kier alpha value is -2.22. The molecule has 2 nitrogen and oxygen atoms in total. The van der Waals surface area contributed by atoms with Crippen molar-refractivity contribution in [1.29, 1.82) is 0 Å². The molecule has 0 aliphatic heterocycles. The minimum atomic E-state index is 0.587. The van der Waals surface area contributed by atoms with Crippen molar-refractivity contribution in [3.05, 3.63) is 77.4 Å². The first-order chi connectivity index (χ1) is 11.4. The van der Waals surface area contributed by atoms with Crippen LogP contribution in [0.2, 0.25) is 0 Å². The minimum Gasteiger partial charge on any atom is -0.365 e. The highest BCUT2D eigenvalue weighted by Crippen LogP contribution is 2.25. The number of hydrogen-bond acceptors (Lipinski definition) is 0. The van der Waals surface area contributed by atoms with E-state index in [1.807, 2.05) is 12.3 Å². The molecule has 24 heavy (non-hydrogen) atoms. The first-order valence-corrected chi connectivity index (χ1v) is 8.79. The van der Waals surface area contributed by atoms with E-state index in [4.69, 9.17) is 0 Å². The van der Waals surface area contributed by atoms with E-state index < -0.39 is 0 Å². The van der Waals surface area contributed by atoms with Crippen LogP contribution in [0.5, 0.6) is 0 Å². The topological polar surface area (TPSA) is 20.7 Å². The lowest BCUT2D eigenvalue weighted by Gasteiger charge is -2.10. The molecule has 0 unspecified atom stereocenters. The molecule has 2 aromatic heterocycles. The smallest absolute Gasteiger partial charge is 0.0455 e. The maximum absolute atomic E-state index is 3.14. The molecule has 2 heteroatoms. The van der Waals surface area contributed by atoms with E-state index in [2.05, 4.69) is 93.6 Å². The van der Waals surface area contributed by atoms with Gasteiger partial charge in [0.1, 0.15) is 0 Å². The van der Waals surface area contributed by atoms with Gasteiger partial charge >= 0.3 is 0 Å². The SMILES string of the molecule is CC(C)c1ccc[nH]1.Cc1cc(C(C)C)c(C)n1-c1ccccc1. The molecule has 0 saturated heterocycles. The van der Waals surface area contributed by atoms with Crippen molar-refractivity contribution < 1.29 is 0 Å². The summed E-state index contributed by atoms with van der Waals surface area (Å²) in [6.07, 6.45) is 1.95. The Kier molecular flexibility index (Phi) is 6.08. The summed E-state index contributed by atoms with van der Waals surface area (Å²) in [5.41, 5.74) is 6.68. The van der Waals surface area contributed by atoms with E-state index >= 15 is 0 Å². The van der Waals surface area contributed by atoms with Crippen LogP contribution in [0.1, 0.15) is 62.2 Å². The van der Waals surface area contributed by atoms with Crippen LogP contribution in [0.15, 0.2) is 54.7 Å². The summed E-state index contributed by atoms with van der Waals surface area (Å²) in [5.74, 6) is 1.22. The molecule has 0 amide bonds. The van der Waals surface area contributed by atoms with Crippen molar-refractivity contribution in [2.24, 2.45) is 0 Å². The molecule has 0 aliphatic carbocycles. The Morgan fingerprint density at radius 1 is 0.833 bits per heavy atom. The third kappa shape index (κ3) is 4.19. The fourth-order valence-electron chi connectivity index (χ4n) is 3.05. The van der Waals surface area contributed by atoms with E-state index in [9.17, 15) is 0 Å². The Morgan fingerprint density at radius 3 is 1.92 bits per heavy atom. The van der Waals surface area contributed by atoms with E-state index in [1.54, 1.807) is 0 Å². The Bertz CT molecular complexity index is 732. The second kappa shape index (κ2) is 8.05. The van der Waals surface area contributed by atoms with Crippen molar-refractivity contribution >= 4 is 0 Å². The quantitative estimate of drug-likeness (QED) is 0.579. The normalized spacial score (nSPS) is 10.8. The van der Waals surface area contributed by atoms with Gasteiger partial charge in [-0.05, 0) is 61.6 Å². The molecule has 0 atom stereocenters. The number of para-hydroxylation sites is 1. The number of aryl methyl sites for hydroxylation is 1. The summed E-state index contributed by atoms with van der Waals surface area (Å²) in [6.45, 7) is 13.2. The molecule has 3 rings (SSSR count). The number of nitrogens with zero attached hydrogens (tertiary/aromatic N) is 1. The van der Waals surface area contributed by atoms with Crippen LogP contribution in [0, 0.1) is 13.8 Å². The Balaban J connectivity index is 0.000000219. The first kappa shape index (κ1) is 18.1. The second-order valence-corrected chi connectivity index (χ2v) is 6.93. The van der Waals surface area contributed by atoms with Gasteiger partial charge in [-0.1, -0.05) is 45.9 Å². The highest BCUT2D eigenvalue weighted by molar-refractivity contribution is 5.41. The van der Waals surface area contributed by atoms with Crippen LogP contribution in [-0.2, 0) is 0 Å². The molecule has 1 N–H and O–H groups in total. The fourth-order valence-corrected chi connectivity index (χ4v) is 3.05. The molecule has 0 radical (unpaired) electrons. The number of H-pyrrole nitrogens is 1. The lowest BCUT2D eigenvalue weighted by Crippen LogP contribution is -1.99. The third-order valence-corrected chi connectivity index (χ3v) is 4.35. The van der Waals surface area contributed by atoms with Crippen molar-refractivity contribution in [2.75, 3.05) is 0 Å². The Labute approximate surface area is 146 Å².